The zero-order valence-electron chi connectivity index (χ0n) is 20.8. The fourth-order valence-electron chi connectivity index (χ4n) is 4.48. The van der Waals surface area contributed by atoms with Gasteiger partial charge in [-0.15, -0.1) is 0 Å². The molecule has 1 aliphatic heterocycles. The van der Waals surface area contributed by atoms with E-state index in [1.54, 1.807) is 47.4 Å². The Hall–Kier alpha value is -1.86. The molecule has 0 spiro atoms. The van der Waals surface area contributed by atoms with E-state index in [2.05, 4.69) is 34.7 Å². The van der Waals surface area contributed by atoms with Crippen LogP contribution in [0.2, 0.25) is 10.0 Å². The molecule has 0 radical (unpaired) electrons. The summed E-state index contributed by atoms with van der Waals surface area (Å²) in [5, 5.41) is 12.0. The highest BCUT2D eigenvalue weighted by atomic mass is 79.9. The highest BCUT2D eigenvalue weighted by Crippen LogP contribution is 2.42. The first-order valence-electron chi connectivity index (χ1n) is 12.5. The van der Waals surface area contributed by atoms with Gasteiger partial charge in [-0.3, -0.25) is 9.59 Å². The number of hydrogen-bond donors (Lipinski definition) is 1. The fraction of sp³-hybridized carbons (Fsp3) is 0.429. The Morgan fingerprint density at radius 1 is 0.972 bits per heavy atom. The molecule has 1 fully saturated rings. The van der Waals surface area contributed by atoms with Crippen LogP contribution >= 0.6 is 39.1 Å². The van der Waals surface area contributed by atoms with Gasteiger partial charge in [-0.05, 0) is 68.7 Å². The van der Waals surface area contributed by atoms with Crippen molar-refractivity contribution in [1.82, 2.24) is 9.80 Å². The first kappa shape index (κ1) is 28.7. The molecular weight excluding hydrogens is 563 g/mol. The number of rotatable bonds is 12. The van der Waals surface area contributed by atoms with E-state index in [-0.39, 0.29) is 11.3 Å². The number of hydrogen-bond acceptors (Lipinski definition) is 4. The standard InChI is InChI=1S/C28H33BrCl2N2O3/c1-3-5-14-32(15-6-4-2)16-7-17-33-25(22-13-12-21(30)18-23(22)31)24(27(35)28(33)36)26(34)19-8-10-20(29)11-9-19/h8-13,18,25,34H,3-7,14-17H2,1-2H3/t25-/m0/s1. The summed E-state index contributed by atoms with van der Waals surface area (Å²) in [5.74, 6) is -1.55. The molecule has 1 heterocycles. The normalized spacial score (nSPS) is 17.4. The van der Waals surface area contributed by atoms with Crippen LogP contribution in [0.1, 0.15) is 63.1 Å². The molecule has 3 rings (SSSR count). The van der Waals surface area contributed by atoms with Crippen LogP contribution in [0.5, 0.6) is 0 Å². The predicted molar refractivity (Wildman–Crippen MR) is 150 cm³/mol. The second-order valence-electron chi connectivity index (χ2n) is 9.07. The van der Waals surface area contributed by atoms with Crippen LogP contribution in [0.3, 0.4) is 0 Å². The molecule has 0 aliphatic carbocycles. The van der Waals surface area contributed by atoms with Gasteiger partial charge in [-0.2, -0.15) is 0 Å². The van der Waals surface area contributed by atoms with Crippen molar-refractivity contribution in [2.75, 3.05) is 26.2 Å². The Morgan fingerprint density at radius 3 is 2.17 bits per heavy atom. The molecule has 0 saturated carbocycles. The Bertz CT molecular complexity index is 1100. The van der Waals surface area contributed by atoms with Gasteiger partial charge in [0.05, 0.1) is 11.6 Å². The van der Waals surface area contributed by atoms with Crippen molar-refractivity contribution in [1.29, 1.82) is 0 Å². The number of unbranched alkanes of at least 4 members (excludes halogenated alkanes) is 2. The van der Waals surface area contributed by atoms with Crippen molar-refractivity contribution < 1.29 is 14.7 Å². The lowest BCUT2D eigenvalue weighted by Gasteiger charge is -2.28. The van der Waals surface area contributed by atoms with Gasteiger partial charge in [-0.1, -0.05) is 84.0 Å². The lowest BCUT2D eigenvalue weighted by Crippen LogP contribution is -2.34. The van der Waals surface area contributed by atoms with Crippen molar-refractivity contribution in [3.8, 4) is 0 Å². The number of carbonyl (C=O) groups excluding carboxylic acids is 2. The summed E-state index contributed by atoms with van der Waals surface area (Å²) in [6.07, 6.45) is 5.22. The van der Waals surface area contributed by atoms with Gasteiger partial charge in [0.25, 0.3) is 11.7 Å². The number of aliphatic hydroxyl groups excluding tert-OH is 1. The number of Topliss-reactive ketones (excluding diaryl/α,β-unsaturated/α-hetero) is 1. The molecule has 0 aromatic heterocycles. The molecule has 194 valence electrons. The van der Waals surface area contributed by atoms with Crippen LogP contribution in [-0.2, 0) is 9.59 Å². The van der Waals surface area contributed by atoms with Gasteiger partial charge >= 0.3 is 0 Å². The number of carbonyl (C=O) groups is 2. The summed E-state index contributed by atoms with van der Waals surface area (Å²) in [6.45, 7) is 7.60. The predicted octanol–water partition coefficient (Wildman–Crippen LogP) is 7.47. The van der Waals surface area contributed by atoms with Crippen LogP contribution < -0.4 is 0 Å². The molecule has 2 aromatic rings. The third kappa shape index (κ3) is 6.91. The number of halogens is 3. The summed E-state index contributed by atoms with van der Waals surface area (Å²) < 4.78 is 0.840. The molecule has 8 heteroatoms. The summed E-state index contributed by atoms with van der Waals surface area (Å²) in [7, 11) is 0. The van der Waals surface area contributed by atoms with Crippen molar-refractivity contribution in [2.24, 2.45) is 0 Å². The highest BCUT2D eigenvalue weighted by molar-refractivity contribution is 9.10. The van der Waals surface area contributed by atoms with Crippen LogP contribution in [0, 0.1) is 0 Å². The van der Waals surface area contributed by atoms with Gasteiger partial charge in [0.1, 0.15) is 5.76 Å². The lowest BCUT2D eigenvalue weighted by atomic mass is 9.95. The molecule has 36 heavy (non-hydrogen) atoms. The van der Waals surface area contributed by atoms with Crippen LogP contribution in [-0.4, -0.2) is 52.8 Å². The summed E-state index contributed by atoms with van der Waals surface area (Å²) in [5.41, 5.74) is 1.06. The minimum atomic E-state index is -0.793. The molecule has 1 saturated heterocycles. The average molecular weight is 596 g/mol. The highest BCUT2D eigenvalue weighted by Gasteiger charge is 2.46. The quantitative estimate of drug-likeness (QED) is 0.157. The van der Waals surface area contributed by atoms with Crippen molar-refractivity contribution in [2.45, 2.75) is 52.0 Å². The van der Waals surface area contributed by atoms with E-state index in [4.69, 9.17) is 23.2 Å². The topological polar surface area (TPSA) is 60.9 Å². The number of benzene rings is 2. The van der Waals surface area contributed by atoms with E-state index >= 15 is 0 Å². The molecule has 2 aromatic carbocycles. The molecule has 1 aliphatic rings. The smallest absolute Gasteiger partial charge is 0.295 e. The maximum atomic E-state index is 13.2. The number of aliphatic hydroxyl groups is 1. The molecule has 1 atom stereocenters. The number of amides is 1. The fourth-order valence-corrected chi connectivity index (χ4v) is 5.26. The molecule has 1 N–H and O–H groups in total. The Labute approximate surface area is 232 Å². The van der Waals surface area contributed by atoms with Crippen LogP contribution in [0.15, 0.2) is 52.5 Å². The average Bonchev–Trinajstić information content (AvgIpc) is 3.10. The van der Waals surface area contributed by atoms with Crippen LogP contribution in [0.25, 0.3) is 5.76 Å². The van der Waals surface area contributed by atoms with Gasteiger partial charge < -0.3 is 14.9 Å². The molecule has 5 nitrogen and oxygen atoms in total. The van der Waals surface area contributed by atoms with E-state index in [0.717, 1.165) is 49.8 Å². The number of nitrogens with zero attached hydrogens (tertiary/aromatic N) is 2. The van der Waals surface area contributed by atoms with Crippen molar-refractivity contribution >= 4 is 56.6 Å². The second-order valence-corrected chi connectivity index (χ2v) is 10.8. The second kappa shape index (κ2) is 13.6. The lowest BCUT2D eigenvalue weighted by molar-refractivity contribution is -0.140. The van der Waals surface area contributed by atoms with Gasteiger partial charge in [-0.25, -0.2) is 0 Å². The zero-order valence-corrected chi connectivity index (χ0v) is 23.9. The summed E-state index contributed by atoms with van der Waals surface area (Å²) in [6, 6.07) is 11.2. The first-order chi connectivity index (χ1) is 17.3. The Morgan fingerprint density at radius 2 is 1.58 bits per heavy atom. The van der Waals surface area contributed by atoms with E-state index < -0.39 is 17.7 Å². The maximum Gasteiger partial charge on any atom is 0.295 e. The van der Waals surface area contributed by atoms with E-state index in [1.165, 1.54) is 0 Å². The van der Waals surface area contributed by atoms with Crippen LogP contribution in [0.4, 0.5) is 0 Å². The maximum absolute atomic E-state index is 13.2. The van der Waals surface area contributed by atoms with Gasteiger partial charge in [0.15, 0.2) is 0 Å². The minimum absolute atomic E-state index is 0.0420. The third-order valence-electron chi connectivity index (χ3n) is 6.44. The third-order valence-corrected chi connectivity index (χ3v) is 7.53. The molecular formula is C28H33BrCl2N2O3. The van der Waals surface area contributed by atoms with Crippen molar-refractivity contribution in [3.05, 3.63) is 73.7 Å². The van der Waals surface area contributed by atoms with E-state index in [1.807, 2.05) is 0 Å². The van der Waals surface area contributed by atoms with Crippen molar-refractivity contribution in [3.63, 3.8) is 0 Å². The number of likely N-dealkylation sites (tertiary alicyclic amines) is 1. The van der Waals surface area contributed by atoms with E-state index in [0.29, 0.717) is 34.1 Å². The Kier molecular flexibility index (Phi) is 10.9. The van der Waals surface area contributed by atoms with Gasteiger partial charge in [0, 0.05) is 26.6 Å². The molecule has 0 bridgehead atoms. The minimum Gasteiger partial charge on any atom is -0.507 e. The largest absolute Gasteiger partial charge is 0.507 e. The molecule has 0 unspecified atom stereocenters. The van der Waals surface area contributed by atoms with E-state index in [9.17, 15) is 14.7 Å². The molecule has 1 amide bonds. The first-order valence-corrected chi connectivity index (χ1v) is 14.0. The Balaban J connectivity index is 1.95. The SMILES string of the molecule is CCCCN(CCCC)CCCN1C(=O)C(=O)C(=C(O)c2ccc(Br)cc2)[C@@H]1c1ccc(Cl)cc1Cl. The number of ketones is 1. The monoisotopic (exact) mass is 594 g/mol. The zero-order chi connectivity index (χ0) is 26.2. The summed E-state index contributed by atoms with van der Waals surface area (Å²) in [4.78, 5) is 30.4. The van der Waals surface area contributed by atoms with Gasteiger partial charge in [0.2, 0.25) is 0 Å². The summed E-state index contributed by atoms with van der Waals surface area (Å²) >= 11 is 16.1.